The van der Waals surface area contributed by atoms with Crippen LogP contribution in [0.2, 0.25) is 0 Å². The van der Waals surface area contributed by atoms with Gasteiger partial charge < -0.3 is 5.32 Å². The second kappa shape index (κ2) is 6.16. The highest BCUT2D eigenvalue weighted by Crippen LogP contribution is 2.40. The van der Waals surface area contributed by atoms with Crippen molar-refractivity contribution in [1.82, 2.24) is 5.32 Å². The second-order valence-electron chi connectivity index (χ2n) is 8.51. The molecule has 0 aromatic heterocycles. The normalized spacial score (nSPS) is 40.6. The molecular formula is C18H35N. The molecule has 0 radical (unpaired) electrons. The van der Waals surface area contributed by atoms with Gasteiger partial charge in [-0.2, -0.15) is 0 Å². The highest BCUT2D eigenvalue weighted by molar-refractivity contribution is 4.87. The van der Waals surface area contributed by atoms with E-state index in [-0.39, 0.29) is 0 Å². The molecule has 2 aliphatic rings. The molecule has 0 heterocycles. The van der Waals surface area contributed by atoms with Crippen LogP contribution in [0.25, 0.3) is 0 Å². The lowest BCUT2D eigenvalue weighted by Gasteiger charge is -2.37. The van der Waals surface area contributed by atoms with Gasteiger partial charge in [0.15, 0.2) is 0 Å². The quantitative estimate of drug-likeness (QED) is 0.768. The Hall–Kier alpha value is -0.0400. The Balaban J connectivity index is 1.69. The van der Waals surface area contributed by atoms with Crippen molar-refractivity contribution in [3.05, 3.63) is 0 Å². The fraction of sp³-hybridized carbons (Fsp3) is 1.00. The van der Waals surface area contributed by atoms with Crippen LogP contribution >= 0.6 is 0 Å². The smallest absolute Gasteiger partial charge is 0.00954 e. The molecule has 1 N–H and O–H groups in total. The van der Waals surface area contributed by atoms with Crippen LogP contribution in [0.1, 0.15) is 73.1 Å². The van der Waals surface area contributed by atoms with Gasteiger partial charge in [0, 0.05) is 6.04 Å². The van der Waals surface area contributed by atoms with Crippen molar-refractivity contribution in [3.8, 4) is 0 Å². The first-order chi connectivity index (χ1) is 8.88. The van der Waals surface area contributed by atoms with Crippen LogP contribution in [0.3, 0.4) is 0 Å². The summed E-state index contributed by atoms with van der Waals surface area (Å²) in [6, 6.07) is 0.801. The summed E-state index contributed by atoms with van der Waals surface area (Å²) in [4.78, 5) is 0. The first-order valence-corrected chi connectivity index (χ1v) is 8.61. The lowest BCUT2D eigenvalue weighted by molar-refractivity contribution is 0.146. The van der Waals surface area contributed by atoms with Crippen LogP contribution < -0.4 is 5.32 Å². The van der Waals surface area contributed by atoms with Crippen molar-refractivity contribution < 1.29 is 0 Å². The van der Waals surface area contributed by atoms with E-state index in [1.807, 2.05) is 0 Å². The summed E-state index contributed by atoms with van der Waals surface area (Å²) in [5, 5.41) is 3.89. The minimum atomic E-state index is 0.522. The van der Waals surface area contributed by atoms with E-state index in [1.54, 1.807) is 0 Å². The molecule has 1 heteroatoms. The topological polar surface area (TPSA) is 12.0 Å². The van der Waals surface area contributed by atoms with Crippen LogP contribution in [0.5, 0.6) is 0 Å². The molecule has 0 saturated heterocycles. The van der Waals surface area contributed by atoms with Crippen molar-refractivity contribution in [2.45, 2.75) is 79.2 Å². The van der Waals surface area contributed by atoms with Crippen molar-refractivity contribution in [2.75, 3.05) is 6.54 Å². The third-order valence-electron chi connectivity index (χ3n) is 6.21. The van der Waals surface area contributed by atoms with E-state index in [9.17, 15) is 0 Å². The Bertz CT molecular complexity index is 270. The van der Waals surface area contributed by atoms with Gasteiger partial charge in [0.25, 0.3) is 0 Å². The molecule has 2 rings (SSSR count). The van der Waals surface area contributed by atoms with Gasteiger partial charge in [-0.1, -0.05) is 34.6 Å². The van der Waals surface area contributed by atoms with Crippen molar-refractivity contribution >= 4 is 0 Å². The zero-order valence-electron chi connectivity index (χ0n) is 13.8. The summed E-state index contributed by atoms with van der Waals surface area (Å²) in [7, 11) is 0. The molecule has 2 aliphatic carbocycles. The van der Waals surface area contributed by atoms with E-state index in [0.717, 1.165) is 29.7 Å². The van der Waals surface area contributed by atoms with Gasteiger partial charge in [-0.25, -0.2) is 0 Å². The molecular weight excluding hydrogens is 230 g/mol. The second-order valence-corrected chi connectivity index (χ2v) is 8.51. The van der Waals surface area contributed by atoms with Gasteiger partial charge in [0.2, 0.25) is 0 Å². The Kier molecular flexibility index (Phi) is 4.98. The molecule has 0 spiro atoms. The lowest BCUT2D eigenvalue weighted by Crippen LogP contribution is -2.37. The predicted octanol–water partition coefficient (Wildman–Crippen LogP) is 4.86. The van der Waals surface area contributed by atoms with Gasteiger partial charge in [-0.15, -0.1) is 0 Å². The number of hydrogen-bond acceptors (Lipinski definition) is 1. The molecule has 3 atom stereocenters. The van der Waals surface area contributed by atoms with E-state index in [1.165, 1.54) is 45.1 Å². The predicted molar refractivity (Wildman–Crippen MR) is 84.3 cm³/mol. The van der Waals surface area contributed by atoms with Gasteiger partial charge in [0.1, 0.15) is 0 Å². The average Bonchev–Trinajstić information content (AvgIpc) is 2.67. The highest BCUT2D eigenvalue weighted by Gasteiger charge is 2.32. The molecule has 3 unspecified atom stereocenters. The van der Waals surface area contributed by atoms with E-state index >= 15 is 0 Å². The van der Waals surface area contributed by atoms with Gasteiger partial charge >= 0.3 is 0 Å². The standard InChI is InChI=1S/C18H35N/c1-13-6-11-17(14(13)2)19-12-15-7-9-16(10-8-15)18(3,4)5/h13-17,19H,6-12H2,1-5H3. The molecule has 1 nitrogen and oxygen atoms in total. The summed E-state index contributed by atoms with van der Waals surface area (Å²) >= 11 is 0. The molecule has 0 bridgehead atoms. The van der Waals surface area contributed by atoms with Crippen LogP contribution in [0.4, 0.5) is 0 Å². The molecule has 2 fully saturated rings. The molecule has 0 aliphatic heterocycles. The zero-order valence-corrected chi connectivity index (χ0v) is 13.8. The summed E-state index contributed by atoms with van der Waals surface area (Å²) in [5.74, 6) is 3.70. The fourth-order valence-corrected chi connectivity index (χ4v) is 4.20. The van der Waals surface area contributed by atoms with Crippen molar-refractivity contribution in [2.24, 2.45) is 29.1 Å². The minimum absolute atomic E-state index is 0.522. The lowest BCUT2D eigenvalue weighted by atomic mass is 9.70. The number of rotatable bonds is 3. The summed E-state index contributed by atoms with van der Waals surface area (Å²) in [6.45, 7) is 13.4. The number of nitrogens with one attached hydrogen (secondary N) is 1. The first kappa shape index (κ1) is 15.4. The van der Waals surface area contributed by atoms with Gasteiger partial charge in [-0.3, -0.25) is 0 Å². The molecule has 0 amide bonds. The minimum Gasteiger partial charge on any atom is -0.313 e. The van der Waals surface area contributed by atoms with E-state index < -0.39 is 0 Å². The molecule has 19 heavy (non-hydrogen) atoms. The van der Waals surface area contributed by atoms with E-state index in [4.69, 9.17) is 0 Å². The third-order valence-corrected chi connectivity index (χ3v) is 6.21. The Morgan fingerprint density at radius 1 is 0.895 bits per heavy atom. The SMILES string of the molecule is CC1CCC(NCC2CCC(C(C)(C)C)CC2)C1C. The summed E-state index contributed by atoms with van der Waals surface area (Å²) < 4.78 is 0. The Labute approximate surface area is 120 Å². The molecule has 2 saturated carbocycles. The van der Waals surface area contributed by atoms with Gasteiger partial charge in [-0.05, 0) is 74.2 Å². The Morgan fingerprint density at radius 2 is 1.53 bits per heavy atom. The maximum atomic E-state index is 3.89. The monoisotopic (exact) mass is 265 g/mol. The highest BCUT2D eigenvalue weighted by atomic mass is 14.9. The van der Waals surface area contributed by atoms with E-state index in [0.29, 0.717) is 5.41 Å². The largest absolute Gasteiger partial charge is 0.313 e. The first-order valence-electron chi connectivity index (χ1n) is 8.61. The van der Waals surface area contributed by atoms with Crippen LogP contribution in [-0.4, -0.2) is 12.6 Å². The summed E-state index contributed by atoms with van der Waals surface area (Å²) in [6.07, 6.45) is 8.63. The van der Waals surface area contributed by atoms with Crippen molar-refractivity contribution in [3.63, 3.8) is 0 Å². The fourth-order valence-electron chi connectivity index (χ4n) is 4.20. The third kappa shape index (κ3) is 3.97. The molecule has 112 valence electrons. The van der Waals surface area contributed by atoms with Crippen LogP contribution in [0, 0.1) is 29.1 Å². The van der Waals surface area contributed by atoms with Crippen LogP contribution in [0.15, 0.2) is 0 Å². The molecule has 0 aromatic rings. The van der Waals surface area contributed by atoms with Crippen molar-refractivity contribution in [1.29, 1.82) is 0 Å². The zero-order chi connectivity index (χ0) is 14.0. The summed E-state index contributed by atoms with van der Waals surface area (Å²) in [5.41, 5.74) is 0.522. The maximum Gasteiger partial charge on any atom is 0.00954 e. The van der Waals surface area contributed by atoms with Gasteiger partial charge in [0.05, 0.1) is 0 Å². The molecule has 0 aromatic carbocycles. The maximum absolute atomic E-state index is 3.89. The average molecular weight is 265 g/mol. The number of hydrogen-bond donors (Lipinski definition) is 1. The van der Waals surface area contributed by atoms with E-state index in [2.05, 4.69) is 39.9 Å². The Morgan fingerprint density at radius 3 is 2.00 bits per heavy atom. The van der Waals surface area contributed by atoms with Crippen LogP contribution in [-0.2, 0) is 0 Å².